The fourth-order valence-electron chi connectivity index (χ4n) is 2.62. The Morgan fingerprint density at radius 1 is 1.44 bits per heavy atom. The van der Waals surface area contributed by atoms with E-state index in [0.717, 1.165) is 28.7 Å². The van der Waals surface area contributed by atoms with E-state index in [0.29, 0.717) is 6.54 Å². The summed E-state index contributed by atoms with van der Waals surface area (Å²) in [6, 6.07) is 1.80. The molecule has 6 heteroatoms. The summed E-state index contributed by atoms with van der Waals surface area (Å²) in [6.45, 7) is 1.52. The first-order chi connectivity index (χ1) is 8.65. The summed E-state index contributed by atoms with van der Waals surface area (Å²) < 4.78 is 1.03. The van der Waals surface area contributed by atoms with Crippen LogP contribution in [0.15, 0.2) is 15.9 Å². The van der Waals surface area contributed by atoms with Crippen molar-refractivity contribution >= 4 is 39.1 Å². The zero-order valence-corrected chi connectivity index (χ0v) is 12.2. The highest BCUT2D eigenvalue weighted by atomic mass is 79.9. The quantitative estimate of drug-likeness (QED) is 0.831. The fraction of sp³-hybridized carbons (Fsp3) is 0.500. The Hall–Kier alpha value is -0.880. The monoisotopic (exact) mass is 328 g/mol. The van der Waals surface area contributed by atoms with E-state index in [2.05, 4.69) is 15.9 Å². The van der Waals surface area contributed by atoms with Gasteiger partial charge in [0.15, 0.2) is 0 Å². The van der Waals surface area contributed by atoms with Crippen LogP contribution in [0.5, 0.6) is 0 Å². The topological polar surface area (TPSA) is 40.6 Å². The van der Waals surface area contributed by atoms with Crippen molar-refractivity contribution in [3.63, 3.8) is 0 Å². The van der Waals surface area contributed by atoms with Crippen LogP contribution in [-0.2, 0) is 16.1 Å². The minimum atomic E-state index is -0.199. The van der Waals surface area contributed by atoms with E-state index in [1.165, 1.54) is 0 Å². The Kier molecular flexibility index (Phi) is 3.15. The maximum Gasteiger partial charge on any atom is 0.246 e. The van der Waals surface area contributed by atoms with Crippen LogP contribution in [0, 0.1) is 0 Å². The number of amides is 2. The summed E-state index contributed by atoms with van der Waals surface area (Å²) in [5.74, 6) is 0.198. The molecule has 3 heterocycles. The minimum absolute atomic E-state index is 0.0905. The van der Waals surface area contributed by atoms with E-state index in [1.807, 2.05) is 11.4 Å². The SMILES string of the molecule is O=C1C2CCCN2C(=O)CN1Cc1cc(Br)cs1. The summed E-state index contributed by atoms with van der Waals surface area (Å²) in [7, 11) is 0. The highest BCUT2D eigenvalue weighted by Crippen LogP contribution is 2.26. The van der Waals surface area contributed by atoms with Crippen LogP contribution in [0.2, 0.25) is 0 Å². The molecule has 2 saturated heterocycles. The van der Waals surface area contributed by atoms with E-state index in [9.17, 15) is 9.59 Å². The maximum atomic E-state index is 12.3. The number of piperazine rings is 1. The highest BCUT2D eigenvalue weighted by molar-refractivity contribution is 9.10. The number of rotatable bonds is 2. The third kappa shape index (κ3) is 2.07. The Morgan fingerprint density at radius 2 is 2.28 bits per heavy atom. The molecule has 2 amide bonds. The van der Waals surface area contributed by atoms with Crippen LogP contribution in [-0.4, -0.2) is 40.7 Å². The summed E-state index contributed by atoms with van der Waals surface area (Å²) in [5, 5.41) is 1.99. The first-order valence-corrected chi connectivity index (χ1v) is 7.63. The van der Waals surface area contributed by atoms with Crippen LogP contribution in [0.1, 0.15) is 17.7 Å². The maximum absolute atomic E-state index is 12.3. The largest absolute Gasteiger partial charge is 0.329 e. The van der Waals surface area contributed by atoms with Gasteiger partial charge in [-0.2, -0.15) is 0 Å². The average Bonchev–Trinajstić information content (AvgIpc) is 2.95. The zero-order chi connectivity index (χ0) is 12.7. The van der Waals surface area contributed by atoms with Crippen LogP contribution in [0.4, 0.5) is 0 Å². The summed E-state index contributed by atoms with van der Waals surface area (Å²) >= 11 is 5.01. The van der Waals surface area contributed by atoms with Crippen molar-refractivity contribution in [2.75, 3.05) is 13.1 Å². The third-order valence-corrected chi connectivity index (χ3v) is 5.15. The summed E-state index contributed by atoms with van der Waals surface area (Å²) in [5.41, 5.74) is 0. The molecule has 0 radical (unpaired) electrons. The number of hydrogen-bond donors (Lipinski definition) is 0. The van der Waals surface area contributed by atoms with Gasteiger partial charge in [0.05, 0.1) is 6.54 Å². The molecule has 96 valence electrons. The molecular formula is C12H13BrN2O2S. The van der Waals surface area contributed by atoms with Crippen molar-refractivity contribution in [2.45, 2.75) is 25.4 Å². The smallest absolute Gasteiger partial charge is 0.246 e. The number of halogens is 1. The van der Waals surface area contributed by atoms with Crippen LogP contribution in [0.25, 0.3) is 0 Å². The Balaban J connectivity index is 1.76. The molecule has 1 aromatic heterocycles. The van der Waals surface area contributed by atoms with Gasteiger partial charge in [0, 0.05) is 21.3 Å². The van der Waals surface area contributed by atoms with E-state index in [-0.39, 0.29) is 24.4 Å². The van der Waals surface area contributed by atoms with Crippen LogP contribution < -0.4 is 0 Å². The zero-order valence-electron chi connectivity index (χ0n) is 9.76. The Labute approximate surface area is 118 Å². The van der Waals surface area contributed by atoms with Gasteiger partial charge in [0.1, 0.15) is 12.6 Å². The van der Waals surface area contributed by atoms with Gasteiger partial charge in [-0.1, -0.05) is 0 Å². The molecule has 1 unspecified atom stereocenters. The van der Waals surface area contributed by atoms with Gasteiger partial charge in [0.25, 0.3) is 0 Å². The lowest BCUT2D eigenvalue weighted by molar-refractivity contribution is -0.154. The molecule has 0 spiro atoms. The lowest BCUT2D eigenvalue weighted by atomic mass is 10.1. The second-order valence-corrected chi connectivity index (χ2v) is 6.58. The first kappa shape index (κ1) is 12.2. The van der Waals surface area contributed by atoms with E-state index >= 15 is 0 Å². The predicted molar refractivity (Wildman–Crippen MR) is 72.2 cm³/mol. The number of nitrogens with zero attached hydrogens (tertiary/aromatic N) is 2. The molecule has 1 atom stereocenters. The molecule has 0 bridgehead atoms. The minimum Gasteiger partial charge on any atom is -0.329 e. The third-order valence-electron chi connectivity index (χ3n) is 3.46. The molecule has 0 aliphatic carbocycles. The molecule has 0 N–H and O–H groups in total. The molecule has 2 fully saturated rings. The first-order valence-electron chi connectivity index (χ1n) is 5.96. The van der Waals surface area contributed by atoms with E-state index in [1.54, 1.807) is 21.1 Å². The Morgan fingerprint density at radius 3 is 3.00 bits per heavy atom. The molecule has 0 aromatic carbocycles. The molecule has 1 aromatic rings. The van der Waals surface area contributed by atoms with Gasteiger partial charge in [-0.25, -0.2) is 0 Å². The number of carbonyl (C=O) groups is 2. The number of carbonyl (C=O) groups excluding carboxylic acids is 2. The second kappa shape index (κ2) is 4.66. The summed E-state index contributed by atoms with van der Waals surface area (Å²) in [6.07, 6.45) is 1.76. The van der Waals surface area contributed by atoms with Crippen LogP contribution >= 0.6 is 27.3 Å². The normalized spacial score (nSPS) is 23.7. The van der Waals surface area contributed by atoms with Crippen molar-refractivity contribution in [3.8, 4) is 0 Å². The van der Waals surface area contributed by atoms with Crippen molar-refractivity contribution in [1.29, 1.82) is 0 Å². The molecule has 3 rings (SSSR count). The molecule has 4 nitrogen and oxygen atoms in total. The second-order valence-electron chi connectivity index (χ2n) is 4.67. The van der Waals surface area contributed by atoms with Gasteiger partial charge >= 0.3 is 0 Å². The van der Waals surface area contributed by atoms with E-state index in [4.69, 9.17) is 0 Å². The van der Waals surface area contributed by atoms with Crippen molar-refractivity contribution in [1.82, 2.24) is 9.80 Å². The van der Waals surface area contributed by atoms with Crippen molar-refractivity contribution < 1.29 is 9.59 Å². The van der Waals surface area contributed by atoms with Crippen molar-refractivity contribution in [2.24, 2.45) is 0 Å². The van der Waals surface area contributed by atoms with Gasteiger partial charge in [-0.05, 0) is 34.8 Å². The van der Waals surface area contributed by atoms with Gasteiger partial charge in [-0.15, -0.1) is 11.3 Å². The highest BCUT2D eigenvalue weighted by Gasteiger charge is 2.41. The standard InChI is InChI=1S/C12H13BrN2O2S/c13-8-4-9(18-7-8)5-14-6-11(16)15-3-1-2-10(15)12(14)17/h4,7,10H,1-3,5-6H2. The molecule has 18 heavy (non-hydrogen) atoms. The molecule has 2 aliphatic rings. The summed E-state index contributed by atoms with van der Waals surface area (Å²) in [4.78, 5) is 28.8. The van der Waals surface area contributed by atoms with E-state index < -0.39 is 0 Å². The molecule has 2 aliphatic heterocycles. The van der Waals surface area contributed by atoms with Crippen LogP contribution in [0.3, 0.4) is 0 Å². The molecule has 0 saturated carbocycles. The lowest BCUT2D eigenvalue weighted by Gasteiger charge is -2.36. The Bertz CT molecular complexity index is 502. The molecular weight excluding hydrogens is 316 g/mol. The fourth-order valence-corrected chi connectivity index (χ4v) is 4.09. The lowest BCUT2D eigenvalue weighted by Crippen LogP contribution is -2.56. The number of fused-ring (bicyclic) bond motifs is 1. The predicted octanol–water partition coefficient (Wildman–Crippen LogP) is 1.84. The van der Waals surface area contributed by atoms with Crippen molar-refractivity contribution in [3.05, 3.63) is 20.8 Å². The van der Waals surface area contributed by atoms with Gasteiger partial charge in [0.2, 0.25) is 11.8 Å². The number of thiophene rings is 1. The number of hydrogen-bond acceptors (Lipinski definition) is 3. The van der Waals surface area contributed by atoms with Gasteiger partial charge < -0.3 is 9.80 Å². The van der Waals surface area contributed by atoms with Gasteiger partial charge in [-0.3, -0.25) is 9.59 Å². The average molecular weight is 329 g/mol.